The zero-order valence-electron chi connectivity index (χ0n) is 10.0. The molecule has 1 fully saturated rings. The SMILES string of the molecule is CC(C)(C)OC(=O)N1CC(CC(F)CBr)C1. The molecular formula is C11H19BrFNO2. The Balaban J connectivity index is 2.23. The van der Waals surface area contributed by atoms with E-state index in [1.165, 1.54) is 0 Å². The van der Waals surface area contributed by atoms with Gasteiger partial charge in [-0.2, -0.15) is 0 Å². The number of alkyl halides is 2. The normalized spacial score (nSPS) is 19.2. The largest absolute Gasteiger partial charge is 0.444 e. The fourth-order valence-corrected chi connectivity index (χ4v) is 1.88. The van der Waals surface area contributed by atoms with Gasteiger partial charge in [-0.25, -0.2) is 9.18 Å². The smallest absolute Gasteiger partial charge is 0.410 e. The van der Waals surface area contributed by atoms with E-state index < -0.39 is 11.8 Å². The molecule has 1 aliphatic heterocycles. The van der Waals surface area contributed by atoms with Gasteiger partial charge >= 0.3 is 6.09 Å². The molecule has 0 radical (unpaired) electrons. The summed E-state index contributed by atoms with van der Waals surface area (Å²) in [6.45, 7) is 6.74. The first kappa shape index (κ1) is 13.7. The number of hydrogen-bond donors (Lipinski definition) is 0. The summed E-state index contributed by atoms with van der Waals surface area (Å²) in [6, 6.07) is 0. The summed E-state index contributed by atoms with van der Waals surface area (Å²) in [5, 5.41) is 0.371. The van der Waals surface area contributed by atoms with Crippen molar-refractivity contribution in [3.63, 3.8) is 0 Å². The van der Waals surface area contributed by atoms with Gasteiger partial charge in [-0.1, -0.05) is 15.9 Å². The monoisotopic (exact) mass is 295 g/mol. The fraction of sp³-hybridized carbons (Fsp3) is 0.909. The zero-order valence-corrected chi connectivity index (χ0v) is 11.6. The van der Waals surface area contributed by atoms with Crippen LogP contribution >= 0.6 is 15.9 Å². The van der Waals surface area contributed by atoms with Crippen LogP contribution in [0.1, 0.15) is 27.2 Å². The highest BCUT2D eigenvalue weighted by atomic mass is 79.9. The molecule has 1 unspecified atom stereocenters. The average molecular weight is 296 g/mol. The van der Waals surface area contributed by atoms with Gasteiger partial charge in [0.05, 0.1) is 0 Å². The highest BCUT2D eigenvalue weighted by Gasteiger charge is 2.34. The lowest BCUT2D eigenvalue weighted by atomic mass is 9.95. The molecule has 16 heavy (non-hydrogen) atoms. The highest BCUT2D eigenvalue weighted by molar-refractivity contribution is 9.09. The predicted octanol–water partition coefficient (Wildman–Crippen LogP) is 2.98. The van der Waals surface area contributed by atoms with E-state index in [0.29, 0.717) is 24.8 Å². The van der Waals surface area contributed by atoms with E-state index in [9.17, 15) is 9.18 Å². The molecule has 0 bridgehead atoms. The number of carbonyl (C=O) groups is 1. The van der Waals surface area contributed by atoms with Gasteiger partial charge in [0, 0.05) is 18.4 Å². The number of likely N-dealkylation sites (tertiary alicyclic amines) is 1. The van der Waals surface area contributed by atoms with Crippen molar-refractivity contribution in [1.82, 2.24) is 4.90 Å². The van der Waals surface area contributed by atoms with E-state index >= 15 is 0 Å². The first-order valence-corrected chi connectivity index (χ1v) is 6.62. The van der Waals surface area contributed by atoms with E-state index in [1.807, 2.05) is 20.8 Å². The van der Waals surface area contributed by atoms with Gasteiger partial charge in [0.1, 0.15) is 11.8 Å². The van der Waals surface area contributed by atoms with Gasteiger partial charge in [0.15, 0.2) is 0 Å². The second-order valence-electron chi connectivity index (χ2n) is 5.24. The van der Waals surface area contributed by atoms with Crippen LogP contribution in [0.5, 0.6) is 0 Å². The molecular weight excluding hydrogens is 277 g/mol. The van der Waals surface area contributed by atoms with Gasteiger partial charge < -0.3 is 9.64 Å². The molecule has 0 aromatic rings. The van der Waals surface area contributed by atoms with Gasteiger partial charge in [-0.05, 0) is 33.1 Å². The molecule has 0 spiro atoms. The summed E-state index contributed by atoms with van der Waals surface area (Å²) in [5.41, 5.74) is -0.458. The molecule has 1 aliphatic rings. The highest BCUT2D eigenvalue weighted by Crippen LogP contribution is 2.24. The van der Waals surface area contributed by atoms with Crippen LogP contribution in [0.25, 0.3) is 0 Å². The Morgan fingerprint density at radius 1 is 1.56 bits per heavy atom. The molecule has 0 aliphatic carbocycles. The van der Waals surface area contributed by atoms with Gasteiger partial charge in [0.25, 0.3) is 0 Å². The quantitative estimate of drug-likeness (QED) is 0.749. The number of amides is 1. The van der Waals surface area contributed by atoms with Crippen LogP contribution in [0.4, 0.5) is 9.18 Å². The first-order valence-electron chi connectivity index (χ1n) is 5.50. The molecule has 5 heteroatoms. The minimum atomic E-state index is -0.814. The topological polar surface area (TPSA) is 29.5 Å². The third-order valence-corrected chi connectivity index (χ3v) is 3.07. The molecule has 1 rings (SSSR count). The molecule has 1 atom stereocenters. The summed E-state index contributed by atoms with van der Waals surface area (Å²) in [5.74, 6) is 0.278. The summed E-state index contributed by atoms with van der Waals surface area (Å²) in [7, 11) is 0. The summed E-state index contributed by atoms with van der Waals surface area (Å²) >= 11 is 3.10. The molecule has 1 saturated heterocycles. The third kappa shape index (κ3) is 4.28. The van der Waals surface area contributed by atoms with Crippen LogP contribution in [0.2, 0.25) is 0 Å². The molecule has 0 N–H and O–H groups in total. The van der Waals surface area contributed by atoms with Crippen molar-refractivity contribution in [2.45, 2.75) is 39.0 Å². The Kier molecular flexibility index (Phi) is 4.59. The van der Waals surface area contributed by atoms with Crippen molar-refractivity contribution < 1.29 is 13.9 Å². The van der Waals surface area contributed by atoms with Crippen LogP contribution in [0.3, 0.4) is 0 Å². The maximum Gasteiger partial charge on any atom is 0.410 e. The second-order valence-corrected chi connectivity index (χ2v) is 5.89. The number of rotatable bonds is 3. The molecule has 0 aromatic carbocycles. The lowest BCUT2D eigenvalue weighted by Gasteiger charge is -2.40. The lowest BCUT2D eigenvalue weighted by molar-refractivity contribution is -0.00492. The fourth-order valence-electron chi connectivity index (χ4n) is 1.62. The number of hydrogen-bond acceptors (Lipinski definition) is 2. The molecule has 1 amide bonds. The lowest BCUT2D eigenvalue weighted by Crippen LogP contribution is -2.52. The van der Waals surface area contributed by atoms with Crippen molar-refractivity contribution in [1.29, 1.82) is 0 Å². The molecule has 0 aromatic heterocycles. The van der Waals surface area contributed by atoms with Crippen molar-refractivity contribution in [3.8, 4) is 0 Å². The Hall–Kier alpha value is -0.320. The Bertz CT molecular complexity index is 249. The van der Waals surface area contributed by atoms with E-state index in [1.54, 1.807) is 4.90 Å². The Labute approximate surface area is 104 Å². The summed E-state index contributed by atoms with van der Waals surface area (Å²) in [6.07, 6.45) is -0.589. The maximum absolute atomic E-state index is 13.0. The van der Waals surface area contributed by atoms with Gasteiger partial charge in [-0.15, -0.1) is 0 Å². The maximum atomic E-state index is 13.0. The van der Waals surface area contributed by atoms with Crippen LogP contribution in [-0.4, -0.2) is 41.2 Å². The van der Waals surface area contributed by atoms with Crippen molar-refractivity contribution in [3.05, 3.63) is 0 Å². The first-order chi connectivity index (χ1) is 7.31. The Morgan fingerprint density at radius 3 is 2.56 bits per heavy atom. The average Bonchev–Trinajstić information content (AvgIpc) is 2.06. The minimum Gasteiger partial charge on any atom is -0.444 e. The van der Waals surface area contributed by atoms with Crippen molar-refractivity contribution in [2.75, 3.05) is 18.4 Å². The van der Waals surface area contributed by atoms with Gasteiger partial charge in [0.2, 0.25) is 0 Å². The Morgan fingerprint density at radius 2 is 2.12 bits per heavy atom. The van der Waals surface area contributed by atoms with Crippen LogP contribution in [-0.2, 0) is 4.74 Å². The predicted molar refractivity (Wildman–Crippen MR) is 64.6 cm³/mol. The van der Waals surface area contributed by atoms with Crippen LogP contribution < -0.4 is 0 Å². The third-order valence-electron chi connectivity index (χ3n) is 2.37. The number of carbonyl (C=O) groups excluding carboxylic acids is 1. The number of ether oxygens (including phenoxy) is 1. The van der Waals surface area contributed by atoms with Crippen LogP contribution in [0, 0.1) is 5.92 Å². The van der Waals surface area contributed by atoms with E-state index in [-0.39, 0.29) is 12.0 Å². The zero-order chi connectivity index (χ0) is 12.3. The van der Waals surface area contributed by atoms with E-state index in [4.69, 9.17) is 4.74 Å². The second kappa shape index (κ2) is 5.34. The molecule has 1 heterocycles. The van der Waals surface area contributed by atoms with E-state index in [0.717, 1.165) is 0 Å². The summed E-state index contributed by atoms with van der Waals surface area (Å²) < 4.78 is 18.2. The molecule has 3 nitrogen and oxygen atoms in total. The van der Waals surface area contributed by atoms with Gasteiger partial charge in [-0.3, -0.25) is 0 Å². The number of halogens is 2. The van der Waals surface area contributed by atoms with Crippen LogP contribution in [0.15, 0.2) is 0 Å². The standard InChI is InChI=1S/C11H19BrFNO2/c1-11(2,3)16-10(15)14-6-8(7-14)4-9(13)5-12/h8-9H,4-7H2,1-3H3. The van der Waals surface area contributed by atoms with Crippen molar-refractivity contribution >= 4 is 22.0 Å². The van der Waals surface area contributed by atoms with E-state index in [2.05, 4.69) is 15.9 Å². The number of nitrogens with zero attached hydrogens (tertiary/aromatic N) is 1. The molecule has 0 saturated carbocycles. The van der Waals surface area contributed by atoms with Crippen molar-refractivity contribution in [2.24, 2.45) is 5.92 Å². The minimum absolute atomic E-state index is 0.278. The molecule has 94 valence electrons. The summed E-state index contributed by atoms with van der Waals surface area (Å²) in [4.78, 5) is 13.2.